The molecule has 5 nitrogen and oxygen atoms in total. The number of thiazole rings is 1. The number of aryl methyl sites for hydroxylation is 1. The van der Waals surface area contributed by atoms with Crippen LogP contribution in [0.25, 0.3) is 10.2 Å². The van der Waals surface area contributed by atoms with Crippen molar-refractivity contribution in [2.24, 2.45) is 0 Å². The fourth-order valence-electron chi connectivity index (χ4n) is 2.40. The van der Waals surface area contributed by atoms with Crippen molar-refractivity contribution in [3.8, 4) is 0 Å². The number of nitrogens with zero attached hydrogens (tertiary/aromatic N) is 1. The van der Waals surface area contributed by atoms with Gasteiger partial charge in [0.05, 0.1) is 10.2 Å². The number of hydrogen-bond donors (Lipinski definition) is 2. The van der Waals surface area contributed by atoms with Gasteiger partial charge < -0.3 is 10.6 Å². The van der Waals surface area contributed by atoms with Crippen LogP contribution >= 0.6 is 11.3 Å². The minimum atomic E-state index is -0.338. The molecule has 0 fully saturated rings. The van der Waals surface area contributed by atoms with Crippen LogP contribution in [0.15, 0.2) is 42.5 Å². The van der Waals surface area contributed by atoms with E-state index in [-0.39, 0.29) is 17.6 Å². The molecule has 0 atom stereocenters. The zero-order chi connectivity index (χ0) is 18.5. The molecule has 0 unspecified atom stereocenters. The van der Waals surface area contributed by atoms with Crippen LogP contribution in [0, 0.1) is 5.82 Å². The van der Waals surface area contributed by atoms with Gasteiger partial charge >= 0.3 is 0 Å². The first-order chi connectivity index (χ1) is 12.5. The Morgan fingerprint density at radius 2 is 1.85 bits per heavy atom. The lowest BCUT2D eigenvalue weighted by atomic mass is 10.1. The molecule has 26 heavy (non-hydrogen) atoms. The van der Waals surface area contributed by atoms with Crippen molar-refractivity contribution in [2.75, 3.05) is 10.6 Å². The van der Waals surface area contributed by atoms with Crippen LogP contribution in [0.3, 0.4) is 0 Å². The summed E-state index contributed by atoms with van der Waals surface area (Å²) in [5.74, 6) is -0.533. The zero-order valence-corrected chi connectivity index (χ0v) is 15.0. The second kappa shape index (κ2) is 8.05. The monoisotopic (exact) mass is 371 g/mol. The smallest absolute Gasteiger partial charge is 0.225 e. The van der Waals surface area contributed by atoms with E-state index in [9.17, 15) is 14.0 Å². The van der Waals surface area contributed by atoms with Gasteiger partial charge in [0, 0.05) is 18.5 Å². The molecular formula is C19H18FN3O2S. The molecule has 0 aliphatic carbocycles. The second-order valence-electron chi connectivity index (χ2n) is 5.78. The summed E-state index contributed by atoms with van der Waals surface area (Å²) in [7, 11) is 0. The first kappa shape index (κ1) is 18.0. The molecule has 0 aliphatic heterocycles. The lowest BCUT2D eigenvalue weighted by Crippen LogP contribution is -2.12. The van der Waals surface area contributed by atoms with Gasteiger partial charge in [0.15, 0.2) is 5.13 Å². The van der Waals surface area contributed by atoms with Crippen LogP contribution < -0.4 is 10.6 Å². The number of hydrogen-bond acceptors (Lipinski definition) is 4. The van der Waals surface area contributed by atoms with Crippen LogP contribution in [-0.4, -0.2) is 16.8 Å². The third-order valence-electron chi connectivity index (χ3n) is 3.79. The Labute approximate surface area is 154 Å². The van der Waals surface area contributed by atoms with E-state index in [4.69, 9.17) is 0 Å². The maximum absolute atomic E-state index is 12.9. The van der Waals surface area contributed by atoms with E-state index in [1.54, 1.807) is 6.92 Å². The quantitative estimate of drug-likeness (QED) is 0.676. The summed E-state index contributed by atoms with van der Waals surface area (Å²) >= 11 is 1.41. The number of carbonyl (C=O) groups excluding carboxylic acids is 2. The molecule has 1 heterocycles. The molecule has 0 radical (unpaired) electrons. The summed E-state index contributed by atoms with van der Waals surface area (Å²) < 4.78 is 13.8. The molecule has 134 valence electrons. The minimum Gasteiger partial charge on any atom is -0.326 e. The summed E-state index contributed by atoms with van der Waals surface area (Å²) in [6.07, 6.45) is 1.31. The van der Waals surface area contributed by atoms with E-state index in [1.165, 1.54) is 35.6 Å². The first-order valence-corrected chi connectivity index (χ1v) is 9.10. The fraction of sp³-hybridized carbons (Fsp3) is 0.211. The highest BCUT2D eigenvalue weighted by Crippen LogP contribution is 2.27. The molecule has 2 N–H and O–H groups in total. The van der Waals surface area contributed by atoms with Crippen molar-refractivity contribution in [1.82, 2.24) is 4.98 Å². The topological polar surface area (TPSA) is 71.1 Å². The van der Waals surface area contributed by atoms with Gasteiger partial charge in [0.25, 0.3) is 0 Å². The summed E-state index contributed by atoms with van der Waals surface area (Å²) in [4.78, 5) is 27.9. The standard InChI is InChI=1S/C19H18FN3O2S/c1-2-17(24)23-19-22-15-9-3-12(11-16(15)26-19)4-10-18(25)21-14-7-5-13(20)6-8-14/h3,5-9,11H,2,4,10H2,1H3,(H,21,25)(H,22,23,24). The Morgan fingerprint density at radius 1 is 1.08 bits per heavy atom. The number of nitrogens with one attached hydrogen (secondary N) is 2. The van der Waals surface area contributed by atoms with Gasteiger partial charge in [-0.1, -0.05) is 24.3 Å². The number of rotatable bonds is 6. The number of fused-ring (bicyclic) bond motifs is 1. The molecule has 0 aliphatic rings. The van der Waals surface area contributed by atoms with Crippen LogP contribution in [0.1, 0.15) is 25.3 Å². The summed E-state index contributed by atoms with van der Waals surface area (Å²) in [6.45, 7) is 1.79. The van der Waals surface area contributed by atoms with Gasteiger partial charge in [0.1, 0.15) is 5.82 Å². The van der Waals surface area contributed by atoms with Crippen molar-refractivity contribution in [2.45, 2.75) is 26.2 Å². The Hall–Kier alpha value is -2.80. The first-order valence-electron chi connectivity index (χ1n) is 8.28. The molecule has 0 saturated carbocycles. The maximum Gasteiger partial charge on any atom is 0.225 e. The summed E-state index contributed by atoms with van der Waals surface area (Å²) in [5, 5.41) is 6.09. The van der Waals surface area contributed by atoms with E-state index >= 15 is 0 Å². The van der Waals surface area contributed by atoms with Gasteiger partial charge in [-0.05, 0) is 48.4 Å². The van der Waals surface area contributed by atoms with E-state index in [2.05, 4.69) is 15.6 Å². The predicted octanol–water partition coefficient (Wildman–Crippen LogP) is 4.36. The highest BCUT2D eigenvalue weighted by molar-refractivity contribution is 7.22. The Kier molecular flexibility index (Phi) is 5.58. The van der Waals surface area contributed by atoms with Crippen molar-refractivity contribution in [3.05, 3.63) is 53.8 Å². The average molecular weight is 371 g/mol. The van der Waals surface area contributed by atoms with E-state index < -0.39 is 0 Å². The highest BCUT2D eigenvalue weighted by Gasteiger charge is 2.08. The van der Waals surface area contributed by atoms with Crippen LogP contribution in [0.2, 0.25) is 0 Å². The third-order valence-corrected chi connectivity index (χ3v) is 4.72. The Balaban J connectivity index is 1.60. The van der Waals surface area contributed by atoms with Gasteiger partial charge in [-0.25, -0.2) is 9.37 Å². The van der Waals surface area contributed by atoms with Gasteiger partial charge in [0.2, 0.25) is 11.8 Å². The Morgan fingerprint density at radius 3 is 2.58 bits per heavy atom. The fourth-order valence-corrected chi connectivity index (χ4v) is 3.35. The van der Waals surface area contributed by atoms with Crippen LogP contribution in [-0.2, 0) is 16.0 Å². The largest absolute Gasteiger partial charge is 0.326 e. The Bertz CT molecular complexity index is 938. The molecule has 3 rings (SSSR count). The molecule has 1 aromatic heterocycles. The number of amides is 2. The molecule has 3 aromatic rings. The van der Waals surface area contributed by atoms with E-state index in [0.29, 0.717) is 30.1 Å². The van der Waals surface area contributed by atoms with Gasteiger partial charge in [-0.15, -0.1) is 0 Å². The third kappa shape index (κ3) is 4.64. The lowest BCUT2D eigenvalue weighted by Gasteiger charge is -2.05. The second-order valence-corrected chi connectivity index (χ2v) is 6.81. The molecule has 0 spiro atoms. The van der Waals surface area contributed by atoms with Crippen LogP contribution in [0.5, 0.6) is 0 Å². The average Bonchev–Trinajstić information content (AvgIpc) is 3.03. The van der Waals surface area contributed by atoms with Crippen LogP contribution in [0.4, 0.5) is 15.2 Å². The molecule has 2 aromatic carbocycles. The summed E-state index contributed by atoms with van der Waals surface area (Å²) in [6, 6.07) is 11.5. The number of aromatic nitrogens is 1. The molecule has 2 amide bonds. The number of benzene rings is 2. The SMILES string of the molecule is CCC(=O)Nc1nc2ccc(CCC(=O)Nc3ccc(F)cc3)cc2s1. The van der Waals surface area contributed by atoms with Crippen molar-refractivity contribution in [1.29, 1.82) is 0 Å². The number of halogens is 1. The van der Waals surface area contributed by atoms with Crippen molar-refractivity contribution < 1.29 is 14.0 Å². The lowest BCUT2D eigenvalue weighted by molar-refractivity contribution is -0.116. The molecule has 7 heteroatoms. The molecular weight excluding hydrogens is 353 g/mol. The van der Waals surface area contributed by atoms with Gasteiger partial charge in [-0.2, -0.15) is 0 Å². The predicted molar refractivity (Wildman–Crippen MR) is 102 cm³/mol. The zero-order valence-electron chi connectivity index (χ0n) is 14.2. The minimum absolute atomic E-state index is 0.0678. The van der Waals surface area contributed by atoms with Gasteiger partial charge in [-0.3, -0.25) is 9.59 Å². The van der Waals surface area contributed by atoms with E-state index in [0.717, 1.165) is 15.8 Å². The van der Waals surface area contributed by atoms with Crippen molar-refractivity contribution >= 4 is 44.2 Å². The summed E-state index contributed by atoms with van der Waals surface area (Å²) in [5.41, 5.74) is 2.41. The van der Waals surface area contributed by atoms with Crippen molar-refractivity contribution in [3.63, 3.8) is 0 Å². The molecule has 0 bridgehead atoms. The molecule has 0 saturated heterocycles. The number of anilines is 2. The van der Waals surface area contributed by atoms with E-state index in [1.807, 2.05) is 18.2 Å². The highest BCUT2D eigenvalue weighted by atomic mass is 32.1. The maximum atomic E-state index is 12.9. The normalized spacial score (nSPS) is 10.7. The number of carbonyl (C=O) groups is 2.